The van der Waals surface area contributed by atoms with Crippen molar-refractivity contribution in [1.29, 1.82) is 0 Å². The van der Waals surface area contributed by atoms with Crippen LogP contribution >= 0.6 is 0 Å². The van der Waals surface area contributed by atoms with Gasteiger partial charge in [0.2, 0.25) is 23.6 Å². The number of aromatic nitrogens is 6. The second-order valence-corrected chi connectivity index (χ2v) is 19.2. The van der Waals surface area contributed by atoms with Crippen molar-refractivity contribution in [3.63, 3.8) is 0 Å². The van der Waals surface area contributed by atoms with E-state index in [0.717, 1.165) is 37.6 Å². The van der Waals surface area contributed by atoms with Gasteiger partial charge < -0.3 is 29.9 Å². The number of hydrogen-bond acceptors (Lipinski definition) is 10. The van der Waals surface area contributed by atoms with Crippen LogP contribution in [0.1, 0.15) is 111 Å². The van der Waals surface area contributed by atoms with E-state index in [1.54, 1.807) is 12.4 Å². The molecule has 2 aliphatic heterocycles. The van der Waals surface area contributed by atoms with Crippen molar-refractivity contribution < 1.29 is 19.1 Å². The van der Waals surface area contributed by atoms with Gasteiger partial charge in [0.1, 0.15) is 13.2 Å². The number of nitrogens with one attached hydrogen (secondary N) is 2. The number of amides is 2. The number of likely N-dealkylation sites (N-methyl/N-ethyl adjacent to an activating group) is 2. The van der Waals surface area contributed by atoms with Gasteiger partial charge in [-0.3, -0.25) is 19.0 Å². The van der Waals surface area contributed by atoms with Crippen molar-refractivity contribution >= 4 is 11.8 Å². The Morgan fingerprint density at radius 1 is 0.633 bits per heavy atom. The van der Waals surface area contributed by atoms with Gasteiger partial charge in [-0.25, -0.2) is 9.97 Å². The van der Waals surface area contributed by atoms with Crippen molar-refractivity contribution in [2.45, 2.75) is 103 Å². The van der Waals surface area contributed by atoms with Gasteiger partial charge in [-0.05, 0) is 116 Å². The summed E-state index contributed by atoms with van der Waals surface area (Å²) in [6.07, 6.45) is 12.4. The van der Waals surface area contributed by atoms with Crippen LogP contribution in [0.5, 0.6) is 11.8 Å². The Morgan fingerprint density at radius 2 is 1.02 bits per heavy atom. The van der Waals surface area contributed by atoms with Gasteiger partial charge in [0.25, 0.3) is 0 Å². The molecule has 4 aliphatic rings. The van der Waals surface area contributed by atoms with E-state index in [1.807, 2.05) is 77.1 Å². The van der Waals surface area contributed by atoms with E-state index in [0.29, 0.717) is 36.8 Å². The minimum absolute atomic E-state index is 0.0123. The summed E-state index contributed by atoms with van der Waals surface area (Å²) in [5, 5.41) is 15.6. The third-order valence-electron chi connectivity index (χ3n) is 12.5. The van der Waals surface area contributed by atoms with Gasteiger partial charge in [-0.1, -0.05) is 12.1 Å². The average Bonchev–Trinajstić information content (AvgIpc) is 4.11. The van der Waals surface area contributed by atoms with E-state index in [4.69, 9.17) is 9.47 Å². The topological polar surface area (TPSA) is 145 Å². The van der Waals surface area contributed by atoms with Crippen LogP contribution in [0.2, 0.25) is 0 Å². The third kappa shape index (κ3) is 10.2. The molecule has 324 valence electrons. The van der Waals surface area contributed by atoms with Crippen molar-refractivity contribution in [2.75, 3.05) is 53.5 Å². The Bertz CT molecular complexity index is 1990. The monoisotopic (exact) mass is 823 g/mol. The fraction of sp³-hybridized carbons (Fsp3) is 0.609. The third-order valence-corrected chi connectivity index (χ3v) is 12.5. The van der Waals surface area contributed by atoms with Crippen LogP contribution in [0.3, 0.4) is 0 Å². The van der Waals surface area contributed by atoms with E-state index in [9.17, 15) is 9.59 Å². The molecule has 0 spiro atoms. The molecule has 14 heteroatoms. The first-order valence-corrected chi connectivity index (χ1v) is 21.6. The number of nitrogens with zero attached hydrogens (tertiary/aromatic N) is 8. The molecule has 4 fully saturated rings. The minimum atomic E-state index is -0.659. The van der Waals surface area contributed by atoms with Crippen molar-refractivity contribution in [3.8, 4) is 11.8 Å². The maximum Gasteiger partial charge on any atom is 0.229 e. The highest BCUT2D eigenvalue weighted by molar-refractivity contribution is 5.83. The summed E-state index contributed by atoms with van der Waals surface area (Å²) in [6, 6.07) is 8.19. The van der Waals surface area contributed by atoms with Gasteiger partial charge in [0.05, 0.1) is 22.2 Å². The molecule has 0 bridgehead atoms. The van der Waals surface area contributed by atoms with Gasteiger partial charge >= 0.3 is 0 Å². The lowest BCUT2D eigenvalue weighted by Gasteiger charge is -2.28. The fourth-order valence-corrected chi connectivity index (χ4v) is 8.70. The van der Waals surface area contributed by atoms with E-state index >= 15 is 0 Å². The largest absolute Gasteiger partial charge is 0.476 e. The highest BCUT2D eigenvalue weighted by atomic mass is 16.5. The fourth-order valence-electron chi connectivity index (χ4n) is 8.70. The predicted octanol–water partition coefficient (Wildman–Crippen LogP) is 5.24. The molecular weight excluding hydrogens is 757 g/mol. The molecular formula is C46H66N10O4. The van der Waals surface area contributed by atoms with E-state index < -0.39 is 10.8 Å². The van der Waals surface area contributed by atoms with Gasteiger partial charge in [-0.15, -0.1) is 0 Å². The van der Waals surface area contributed by atoms with E-state index in [-0.39, 0.29) is 35.7 Å². The van der Waals surface area contributed by atoms with E-state index in [2.05, 4.69) is 79.2 Å². The zero-order chi connectivity index (χ0) is 42.9. The molecule has 4 atom stereocenters. The molecule has 6 heterocycles. The molecule has 14 nitrogen and oxygen atoms in total. The molecule has 8 rings (SSSR count). The lowest BCUT2D eigenvalue weighted by Crippen LogP contribution is -2.48. The van der Waals surface area contributed by atoms with Crippen LogP contribution in [-0.4, -0.2) is 117 Å². The molecule has 0 radical (unpaired) electrons. The van der Waals surface area contributed by atoms with Crippen molar-refractivity contribution in [1.82, 2.24) is 50.0 Å². The molecule has 4 aromatic heterocycles. The van der Waals surface area contributed by atoms with Gasteiger partial charge in [-0.2, -0.15) is 10.2 Å². The summed E-state index contributed by atoms with van der Waals surface area (Å²) in [5.41, 5.74) is 5.50. The van der Waals surface area contributed by atoms with Crippen LogP contribution in [0.4, 0.5) is 0 Å². The second kappa shape index (κ2) is 17.6. The number of carbonyl (C=O) groups excluding carboxylic acids is 2. The number of hydrogen-bond donors (Lipinski definition) is 2. The van der Waals surface area contributed by atoms with Crippen molar-refractivity contribution in [3.05, 3.63) is 82.7 Å². The van der Waals surface area contributed by atoms with Crippen LogP contribution in [0.15, 0.2) is 49.1 Å². The molecule has 0 aromatic carbocycles. The number of carbonyl (C=O) groups is 2. The number of ether oxygens (including phenoxy) is 2. The quantitative estimate of drug-likeness (QED) is 0.173. The Hall–Kier alpha value is -4.82. The average molecular weight is 823 g/mol. The summed E-state index contributed by atoms with van der Waals surface area (Å²) in [5.74, 6) is 2.96. The molecule has 60 heavy (non-hydrogen) atoms. The molecule has 2 saturated heterocycles. The molecule has 2 N–H and O–H groups in total. The Morgan fingerprint density at radius 3 is 1.35 bits per heavy atom. The van der Waals surface area contributed by atoms with Crippen molar-refractivity contribution in [2.24, 2.45) is 24.9 Å². The predicted molar refractivity (Wildman–Crippen MR) is 231 cm³/mol. The first-order valence-electron chi connectivity index (χ1n) is 21.6. The zero-order valence-electron chi connectivity index (χ0n) is 37.4. The molecule has 2 saturated carbocycles. The lowest BCUT2D eigenvalue weighted by atomic mass is 9.90. The molecule has 2 amide bonds. The Labute approximate surface area is 355 Å². The Kier molecular flexibility index (Phi) is 12.7. The van der Waals surface area contributed by atoms with Crippen LogP contribution in [-0.2, 0) is 23.7 Å². The lowest BCUT2D eigenvalue weighted by molar-refractivity contribution is -0.132. The van der Waals surface area contributed by atoms with Gasteiger partial charge in [0.15, 0.2) is 0 Å². The summed E-state index contributed by atoms with van der Waals surface area (Å²) in [7, 11) is 8.08. The number of pyridine rings is 2. The SMILES string of the molecule is Cc1nn(C)cc1[C@@H]1CN(C)C[C@H]1NC(=O)C(C)(C)COc1ncccc1C1CC1.Cc1nn(C)cc1[C@H]1CN(C)C[C@@H]1NC(=O)C(C)(C)COc1ncccc1C1CC1. The second-order valence-electron chi connectivity index (χ2n) is 19.2. The first-order chi connectivity index (χ1) is 28.5. The van der Waals surface area contributed by atoms with E-state index in [1.165, 1.54) is 47.9 Å². The number of aryl methyl sites for hydroxylation is 4. The minimum Gasteiger partial charge on any atom is -0.476 e. The summed E-state index contributed by atoms with van der Waals surface area (Å²) < 4.78 is 15.8. The summed E-state index contributed by atoms with van der Waals surface area (Å²) >= 11 is 0. The number of rotatable bonds is 14. The first kappa shape index (κ1) is 43.3. The van der Waals surface area contributed by atoms with Crippen LogP contribution in [0.25, 0.3) is 0 Å². The molecule has 2 aliphatic carbocycles. The molecule has 0 unspecified atom stereocenters. The smallest absolute Gasteiger partial charge is 0.229 e. The number of likely N-dealkylation sites (tertiary alicyclic amines) is 2. The maximum atomic E-state index is 13.2. The highest BCUT2D eigenvalue weighted by Gasteiger charge is 2.40. The highest BCUT2D eigenvalue weighted by Crippen LogP contribution is 2.44. The maximum absolute atomic E-state index is 13.2. The van der Waals surface area contributed by atoms with Gasteiger partial charge in [0, 0.05) is 100 Å². The normalized spacial score (nSPS) is 22.3. The molecule has 4 aromatic rings. The van der Waals surface area contributed by atoms with Crippen LogP contribution < -0.4 is 20.1 Å². The standard InChI is InChI=1S/2C23H33N5O2/c2*1-15-18(12-28(5)26-15)19-11-27(4)13-20(19)25-22(29)23(2,3)14-30-21-17(16-8-9-16)7-6-10-24-21/h2*6-7,10,12,16,19-20H,8-9,11,13-14H2,1-5H3,(H,25,29)/t2*19-,20+/m10/s1. The zero-order valence-corrected chi connectivity index (χ0v) is 37.4. The summed E-state index contributed by atoms with van der Waals surface area (Å²) in [6.45, 7) is 15.9. The van der Waals surface area contributed by atoms with Crippen LogP contribution in [0, 0.1) is 24.7 Å². The Balaban J connectivity index is 0.000000181. The summed E-state index contributed by atoms with van der Waals surface area (Å²) in [4.78, 5) is 39.7.